The molecule has 2 aromatic rings. The molecule has 0 bridgehead atoms. The number of furan rings is 1. The molecule has 0 spiro atoms. The molecule has 4 nitrogen and oxygen atoms in total. The van der Waals surface area contributed by atoms with E-state index in [-0.39, 0.29) is 24.3 Å². The number of anilines is 1. The molecule has 2 rings (SSSR count). The van der Waals surface area contributed by atoms with Gasteiger partial charge in [0.05, 0.1) is 18.8 Å². The number of halogens is 1. The average molecular weight is 262 g/mol. The summed E-state index contributed by atoms with van der Waals surface area (Å²) < 4.78 is 18.1. The maximum Gasteiger partial charge on any atom is 0.239 e. The molecule has 0 saturated heterocycles. The maximum absolute atomic E-state index is 12.9. The van der Waals surface area contributed by atoms with Gasteiger partial charge >= 0.3 is 0 Å². The summed E-state index contributed by atoms with van der Waals surface area (Å²) in [6.45, 7) is 1.91. The standard InChI is InChI=1S/C14H15FN2O2/c1-10(13-6-3-7-19-13)17-14(18)9-16-12-5-2-4-11(15)8-12/h2-8,10,16H,9H2,1H3,(H,17,18). The van der Waals surface area contributed by atoms with Crippen LogP contribution in [0.15, 0.2) is 47.1 Å². The Morgan fingerprint density at radius 2 is 2.21 bits per heavy atom. The van der Waals surface area contributed by atoms with Gasteiger partial charge in [0.2, 0.25) is 5.91 Å². The van der Waals surface area contributed by atoms with E-state index >= 15 is 0 Å². The average Bonchev–Trinajstić information content (AvgIpc) is 2.90. The Kier molecular flexibility index (Phi) is 4.18. The number of hydrogen-bond acceptors (Lipinski definition) is 3. The van der Waals surface area contributed by atoms with E-state index in [1.54, 1.807) is 30.5 Å². The van der Waals surface area contributed by atoms with E-state index in [1.807, 2.05) is 6.92 Å². The smallest absolute Gasteiger partial charge is 0.239 e. The zero-order chi connectivity index (χ0) is 13.7. The number of amides is 1. The van der Waals surface area contributed by atoms with Gasteiger partial charge in [-0.1, -0.05) is 6.07 Å². The fourth-order valence-corrected chi connectivity index (χ4v) is 1.68. The van der Waals surface area contributed by atoms with Crippen LogP contribution >= 0.6 is 0 Å². The minimum absolute atomic E-state index is 0.0779. The van der Waals surface area contributed by atoms with Crippen LogP contribution in [-0.2, 0) is 4.79 Å². The van der Waals surface area contributed by atoms with Crippen LogP contribution in [0.3, 0.4) is 0 Å². The molecule has 0 fully saturated rings. The highest BCUT2D eigenvalue weighted by Gasteiger charge is 2.11. The van der Waals surface area contributed by atoms with Gasteiger partial charge in [0, 0.05) is 5.69 Å². The minimum atomic E-state index is -0.339. The summed E-state index contributed by atoms with van der Waals surface area (Å²) >= 11 is 0. The van der Waals surface area contributed by atoms with Crippen LogP contribution in [-0.4, -0.2) is 12.5 Å². The first-order valence-corrected chi connectivity index (χ1v) is 5.97. The molecule has 0 aliphatic rings. The summed E-state index contributed by atoms with van der Waals surface area (Å²) in [6.07, 6.45) is 1.56. The Morgan fingerprint density at radius 3 is 2.89 bits per heavy atom. The van der Waals surface area contributed by atoms with Crippen molar-refractivity contribution in [1.29, 1.82) is 0 Å². The molecule has 1 amide bonds. The maximum atomic E-state index is 12.9. The first-order chi connectivity index (χ1) is 9.15. The quantitative estimate of drug-likeness (QED) is 0.871. The molecule has 1 aromatic heterocycles. The summed E-state index contributed by atoms with van der Waals surface area (Å²) in [7, 11) is 0. The Labute approximate surface area is 110 Å². The van der Waals surface area contributed by atoms with Crippen LogP contribution in [0.2, 0.25) is 0 Å². The fourth-order valence-electron chi connectivity index (χ4n) is 1.68. The number of carbonyl (C=O) groups excluding carboxylic acids is 1. The summed E-state index contributed by atoms with van der Waals surface area (Å²) in [5, 5.41) is 5.63. The number of nitrogens with one attached hydrogen (secondary N) is 2. The third-order valence-electron chi connectivity index (χ3n) is 2.63. The second-order valence-corrected chi connectivity index (χ2v) is 4.17. The summed E-state index contributed by atoms with van der Waals surface area (Å²) in [5.41, 5.74) is 0.570. The van der Waals surface area contributed by atoms with Gasteiger partial charge in [0.25, 0.3) is 0 Å². The van der Waals surface area contributed by atoms with Gasteiger partial charge in [-0.3, -0.25) is 4.79 Å². The van der Waals surface area contributed by atoms with E-state index in [0.717, 1.165) is 0 Å². The van der Waals surface area contributed by atoms with Crippen LogP contribution in [0.5, 0.6) is 0 Å². The van der Waals surface area contributed by atoms with Crippen LogP contribution < -0.4 is 10.6 Å². The number of hydrogen-bond donors (Lipinski definition) is 2. The molecule has 100 valence electrons. The lowest BCUT2D eigenvalue weighted by Crippen LogP contribution is -2.31. The van der Waals surface area contributed by atoms with Crippen LogP contribution in [0.25, 0.3) is 0 Å². The van der Waals surface area contributed by atoms with Crippen molar-refractivity contribution in [1.82, 2.24) is 5.32 Å². The second kappa shape index (κ2) is 6.04. The zero-order valence-corrected chi connectivity index (χ0v) is 10.5. The minimum Gasteiger partial charge on any atom is -0.467 e. The summed E-state index contributed by atoms with van der Waals surface area (Å²) in [6, 6.07) is 9.34. The number of carbonyl (C=O) groups is 1. The van der Waals surface area contributed by atoms with Crippen molar-refractivity contribution in [3.63, 3.8) is 0 Å². The summed E-state index contributed by atoms with van der Waals surface area (Å²) in [4.78, 5) is 11.7. The molecule has 0 aliphatic carbocycles. The van der Waals surface area contributed by atoms with E-state index < -0.39 is 0 Å². The topological polar surface area (TPSA) is 54.3 Å². The Balaban J connectivity index is 1.82. The lowest BCUT2D eigenvalue weighted by molar-refractivity contribution is -0.120. The van der Waals surface area contributed by atoms with Crippen molar-refractivity contribution < 1.29 is 13.6 Å². The summed E-state index contributed by atoms with van der Waals surface area (Å²) in [5.74, 6) is 0.168. The van der Waals surface area contributed by atoms with Gasteiger partial charge in [0.15, 0.2) is 0 Å². The van der Waals surface area contributed by atoms with Gasteiger partial charge in [-0.2, -0.15) is 0 Å². The fraction of sp³-hybridized carbons (Fsp3) is 0.214. The number of benzene rings is 1. The Hall–Kier alpha value is -2.30. The molecule has 1 aromatic carbocycles. The third-order valence-corrected chi connectivity index (χ3v) is 2.63. The van der Waals surface area contributed by atoms with Gasteiger partial charge in [-0.05, 0) is 37.3 Å². The number of rotatable bonds is 5. The van der Waals surface area contributed by atoms with Crippen molar-refractivity contribution in [3.05, 3.63) is 54.2 Å². The molecule has 2 N–H and O–H groups in total. The third kappa shape index (κ3) is 3.84. The highest BCUT2D eigenvalue weighted by atomic mass is 19.1. The second-order valence-electron chi connectivity index (χ2n) is 4.17. The lowest BCUT2D eigenvalue weighted by Gasteiger charge is -2.12. The predicted octanol–water partition coefficient (Wildman–Crippen LogP) is 2.71. The molecule has 1 atom stereocenters. The highest BCUT2D eigenvalue weighted by Crippen LogP contribution is 2.12. The monoisotopic (exact) mass is 262 g/mol. The molecule has 1 heterocycles. The Bertz CT molecular complexity index is 540. The van der Waals surface area contributed by atoms with E-state index in [0.29, 0.717) is 11.4 Å². The molecule has 19 heavy (non-hydrogen) atoms. The highest BCUT2D eigenvalue weighted by molar-refractivity contribution is 5.81. The first-order valence-electron chi connectivity index (χ1n) is 5.97. The van der Waals surface area contributed by atoms with E-state index in [2.05, 4.69) is 10.6 Å². The predicted molar refractivity (Wildman–Crippen MR) is 70.2 cm³/mol. The van der Waals surface area contributed by atoms with Crippen molar-refractivity contribution in [2.45, 2.75) is 13.0 Å². The van der Waals surface area contributed by atoms with E-state index in [1.165, 1.54) is 12.1 Å². The first kappa shape index (κ1) is 13.1. The lowest BCUT2D eigenvalue weighted by atomic mass is 10.2. The molecular formula is C14H15FN2O2. The van der Waals surface area contributed by atoms with Gasteiger partial charge in [-0.25, -0.2) is 4.39 Å². The van der Waals surface area contributed by atoms with Gasteiger partial charge in [0.1, 0.15) is 11.6 Å². The van der Waals surface area contributed by atoms with Crippen LogP contribution in [0, 0.1) is 5.82 Å². The SMILES string of the molecule is CC(NC(=O)CNc1cccc(F)c1)c1ccco1. The molecule has 5 heteroatoms. The molecule has 0 aliphatic heterocycles. The largest absolute Gasteiger partial charge is 0.467 e. The van der Waals surface area contributed by atoms with Crippen molar-refractivity contribution in [3.8, 4) is 0 Å². The van der Waals surface area contributed by atoms with Crippen molar-refractivity contribution in [2.75, 3.05) is 11.9 Å². The zero-order valence-electron chi connectivity index (χ0n) is 10.5. The van der Waals surface area contributed by atoms with Crippen molar-refractivity contribution in [2.24, 2.45) is 0 Å². The van der Waals surface area contributed by atoms with Gasteiger partial charge < -0.3 is 15.1 Å². The molecule has 0 saturated carbocycles. The molecular weight excluding hydrogens is 247 g/mol. The molecule has 1 unspecified atom stereocenters. The normalized spacial score (nSPS) is 11.9. The Morgan fingerprint density at radius 1 is 1.37 bits per heavy atom. The van der Waals surface area contributed by atoms with Crippen LogP contribution in [0.4, 0.5) is 10.1 Å². The van der Waals surface area contributed by atoms with E-state index in [9.17, 15) is 9.18 Å². The van der Waals surface area contributed by atoms with Crippen molar-refractivity contribution >= 4 is 11.6 Å². The van der Waals surface area contributed by atoms with E-state index in [4.69, 9.17) is 4.42 Å². The molecule has 0 radical (unpaired) electrons. The van der Waals surface area contributed by atoms with Crippen LogP contribution in [0.1, 0.15) is 18.7 Å². The van der Waals surface area contributed by atoms with Gasteiger partial charge in [-0.15, -0.1) is 0 Å².